The number of hydrogen-bond acceptors (Lipinski definition) is 3. The Labute approximate surface area is 163 Å². The predicted molar refractivity (Wildman–Crippen MR) is 107 cm³/mol. The summed E-state index contributed by atoms with van der Waals surface area (Å²) in [7, 11) is 0. The van der Waals surface area contributed by atoms with Crippen LogP contribution in [-0.4, -0.2) is 37.4 Å². The molecule has 0 aromatic heterocycles. The van der Waals surface area contributed by atoms with E-state index in [2.05, 4.69) is 22.5 Å². The summed E-state index contributed by atoms with van der Waals surface area (Å²) in [5.74, 6) is 5.61. The lowest BCUT2D eigenvalue weighted by Crippen LogP contribution is -2.27. The van der Waals surface area contributed by atoms with Crippen LogP contribution in [-0.2, 0) is 4.79 Å². The molecule has 6 heteroatoms. The number of anilines is 1. The van der Waals surface area contributed by atoms with Crippen LogP contribution in [0.3, 0.4) is 0 Å². The molecule has 142 valence electrons. The number of ketones is 1. The fraction of sp³-hybridized carbons (Fsp3) is 0.227. The molecule has 0 bridgehead atoms. The summed E-state index contributed by atoms with van der Waals surface area (Å²) in [6.45, 7) is 1.52. The molecule has 1 heterocycles. The van der Waals surface area contributed by atoms with Crippen LogP contribution in [0.5, 0.6) is 0 Å². The molecule has 1 aliphatic heterocycles. The summed E-state index contributed by atoms with van der Waals surface area (Å²) in [6, 6.07) is 16.2. The molecule has 2 N–H and O–H groups in total. The van der Waals surface area contributed by atoms with Crippen molar-refractivity contribution in [3.63, 3.8) is 0 Å². The highest BCUT2D eigenvalue weighted by Crippen LogP contribution is 2.16. The van der Waals surface area contributed by atoms with E-state index in [9.17, 15) is 14.4 Å². The van der Waals surface area contributed by atoms with E-state index < -0.39 is 0 Å². The van der Waals surface area contributed by atoms with Crippen molar-refractivity contribution >= 4 is 23.4 Å². The number of urea groups is 1. The van der Waals surface area contributed by atoms with Gasteiger partial charge in [0.25, 0.3) is 0 Å². The quantitative estimate of drug-likeness (QED) is 0.601. The molecule has 0 spiro atoms. The standard InChI is InChI=1S/C22H21N3O3/c26-20(18-6-2-1-3-7-18)12-13-21(27)23-14-4-5-17-8-10-19(11-9-17)25-16-15-24-22(25)28/h1-3,6-11H,12-16H2,(H,23,27)(H,24,28). The van der Waals surface area contributed by atoms with Gasteiger partial charge in [-0.25, -0.2) is 4.79 Å². The summed E-state index contributed by atoms with van der Waals surface area (Å²) < 4.78 is 0. The molecule has 2 aromatic rings. The molecule has 0 aliphatic carbocycles. The number of rotatable bonds is 6. The third kappa shape index (κ3) is 5.21. The van der Waals surface area contributed by atoms with E-state index in [-0.39, 0.29) is 37.1 Å². The maximum absolute atomic E-state index is 12.0. The minimum Gasteiger partial charge on any atom is -0.345 e. The van der Waals surface area contributed by atoms with E-state index in [1.807, 2.05) is 30.3 Å². The van der Waals surface area contributed by atoms with Crippen molar-refractivity contribution in [2.24, 2.45) is 0 Å². The number of hydrogen-bond donors (Lipinski definition) is 2. The van der Waals surface area contributed by atoms with Crippen LogP contribution in [0.4, 0.5) is 10.5 Å². The maximum atomic E-state index is 12.0. The Kier molecular flexibility index (Phi) is 6.42. The van der Waals surface area contributed by atoms with E-state index in [0.717, 1.165) is 11.3 Å². The predicted octanol–water partition coefficient (Wildman–Crippen LogP) is 2.35. The molecule has 3 amide bonds. The minimum absolute atomic E-state index is 0.0476. The van der Waals surface area contributed by atoms with E-state index in [1.165, 1.54) is 0 Å². The summed E-state index contributed by atoms with van der Waals surface area (Å²) in [6.07, 6.45) is 0.316. The van der Waals surface area contributed by atoms with E-state index in [4.69, 9.17) is 0 Å². The Balaban J connectivity index is 1.41. The number of amides is 3. The van der Waals surface area contributed by atoms with Crippen molar-refractivity contribution < 1.29 is 14.4 Å². The van der Waals surface area contributed by atoms with Crippen molar-refractivity contribution in [2.45, 2.75) is 12.8 Å². The zero-order valence-corrected chi connectivity index (χ0v) is 15.4. The zero-order valence-electron chi connectivity index (χ0n) is 15.4. The molecule has 1 fully saturated rings. The minimum atomic E-state index is -0.200. The lowest BCUT2D eigenvalue weighted by Gasteiger charge is -2.13. The number of nitrogens with one attached hydrogen (secondary N) is 2. The number of nitrogens with zero attached hydrogens (tertiary/aromatic N) is 1. The van der Waals surface area contributed by atoms with Crippen molar-refractivity contribution in [3.8, 4) is 11.8 Å². The first-order chi connectivity index (χ1) is 13.6. The highest BCUT2D eigenvalue weighted by Gasteiger charge is 2.20. The first-order valence-corrected chi connectivity index (χ1v) is 9.13. The second-order valence-electron chi connectivity index (χ2n) is 6.30. The molecule has 28 heavy (non-hydrogen) atoms. The second-order valence-corrected chi connectivity index (χ2v) is 6.30. The highest BCUT2D eigenvalue weighted by molar-refractivity contribution is 5.98. The zero-order chi connectivity index (χ0) is 19.8. The largest absolute Gasteiger partial charge is 0.345 e. The Hall–Kier alpha value is -3.59. The first-order valence-electron chi connectivity index (χ1n) is 9.13. The van der Waals surface area contributed by atoms with Crippen molar-refractivity contribution in [1.29, 1.82) is 0 Å². The lowest BCUT2D eigenvalue weighted by atomic mass is 10.1. The highest BCUT2D eigenvalue weighted by atomic mass is 16.2. The van der Waals surface area contributed by atoms with Gasteiger partial charge in [0.2, 0.25) is 5.91 Å². The fourth-order valence-corrected chi connectivity index (χ4v) is 2.82. The molecular formula is C22H21N3O3. The normalized spacial score (nSPS) is 12.7. The SMILES string of the molecule is O=C(CCC(=O)c1ccccc1)NCC#Cc1ccc(N2CCNC2=O)cc1. The molecule has 0 radical (unpaired) electrons. The molecule has 6 nitrogen and oxygen atoms in total. The fourth-order valence-electron chi connectivity index (χ4n) is 2.82. The summed E-state index contributed by atoms with van der Waals surface area (Å²) in [5.41, 5.74) is 2.25. The van der Waals surface area contributed by atoms with E-state index in [1.54, 1.807) is 29.2 Å². The van der Waals surface area contributed by atoms with Crippen LogP contribution in [0.2, 0.25) is 0 Å². The first kappa shape index (κ1) is 19.2. The van der Waals surface area contributed by atoms with Crippen LogP contribution in [0.1, 0.15) is 28.8 Å². The molecule has 1 saturated heterocycles. The Morgan fingerprint density at radius 3 is 2.46 bits per heavy atom. The number of carbonyl (C=O) groups is 3. The Morgan fingerprint density at radius 2 is 1.79 bits per heavy atom. The molecular weight excluding hydrogens is 354 g/mol. The van der Waals surface area contributed by atoms with Gasteiger partial charge < -0.3 is 10.6 Å². The van der Waals surface area contributed by atoms with E-state index >= 15 is 0 Å². The van der Waals surface area contributed by atoms with Crippen LogP contribution in [0.15, 0.2) is 54.6 Å². The van der Waals surface area contributed by atoms with Gasteiger partial charge in [-0.2, -0.15) is 0 Å². The third-order valence-corrected chi connectivity index (χ3v) is 4.32. The maximum Gasteiger partial charge on any atom is 0.321 e. The number of Topliss-reactive ketones (excluding diaryl/α,β-unsaturated/α-hetero) is 1. The molecule has 0 unspecified atom stereocenters. The van der Waals surface area contributed by atoms with Gasteiger partial charge in [-0.3, -0.25) is 14.5 Å². The van der Waals surface area contributed by atoms with Gasteiger partial charge in [-0.1, -0.05) is 42.2 Å². The Morgan fingerprint density at radius 1 is 1.04 bits per heavy atom. The molecule has 2 aromatic carbocycles. The molecule has 3 rings (SSSR count). The van der Waals surface area contributed by atoms with Gasteiger partial charge in [-0.15, -0.1) is 0 Å². The van der Waals surface area contributed by atoms with Crippen LogP contribution >= 0.6 is 0 Å². The van der Waals surface area contributed by atoms with Crippen LogP contribution < -0.4 is 15.5 Å². The monoisotopic (exact) mass is 375 g/mol. The van der Waals surface area contributed by atoms with Gasteiger partial charge in [0.1, 0.15) is 0 Å². The van der Waals surface area contributed by atoms with Crippen molar-refractivity contribution in [3.05, 3.63) is 65.7 Å². The summed E-state index contributed by atoms with van der Waals surface area (Å²) >= 11 is 0. The topological polar surface area (TPSA) is 78.5 Å². The smallest absolute Gasteiger partial charge is 0.321 e. The van der Waals surface area contributed by atoms with Crippen LogP contribution in [0, 0.1) is 11.8 Å². The molecule has 0 atom stereocenters. The lowest BCUT2D eigenvalue weighted by molar-refractivity contribution is -0.120. The number of carbonyl (C=O) groups excluding carboxylic acids is 3. The number of benzene rings is 2. The van der Waals surface area contributed by atoms with Gasteiger partial charge in [0.05, 0.1) is 6.54 Å². The van der Waals surface area contributed by atoms with Crippen LogP contribution in [0.25, 0.3) is 0 Å². The van der Waals surface area contributed by atoms with Gasteiger partial charge >= 0.3 is 6.03 Å². The summed E-state index contributed by atoms with van der Waals surface area (Å²) in [5, 5.41) is 5.46. The average Bonchev–Trinajstić information content (AvgIpc) is 3.16. The average molecular weight is 375 g/mol. The Bertz CT molecular complexity index is 912. The molecule has 0 saturated carbocycles. The molecule has 1 aliphatic rings. The van der Waals surface area contributed by atoms with Crippen molar-refractivity contribution in [1.82, 2.24) is 10.6 Å². The van der Waals surface area contributed by atoms with Gasteiger partial charge in [0, 0.05) is 42.7 Å². The van der Waals surface area contributed by atoms with Gasteiger partial charge in [-0.05, 0) is 24.3 Å². The second kappa shape index (κ2) is 9.38. The van der Waals surface area contributed by atoms with Crippen molar-refractivity contribution in [2.75, 3.05) is 24.5 Å². The third-order valence-electron chi connectivity index (χ3n) is 4.32. The summed E-state index contributed by atoms with van der Waals surface area (Å²) in [4.78, 5) is 37.1. The van der Waals surface area contributed by atoms with E-state index in [0.29, 0.717) is 18.7 Å². The van der Waals surface area contributed by atoms with Gasteiger partial charge in [0.15, 0.2) is 5.78 Å².